The van der Waals surface area contributed by atoms with Gasteiger partial charge in [0, 0.05) is 17.1 Å². The summed E-state index contributed by atoms with van der Waals surface area (Å²) in [6.07, 6.45) is 2.37. The minimum atomic E-state index is 0.144. The molecule has 0 bridgehead atoms. The predicted molar refractivity (Wildman–Crippen MR) is 87.4 cm³/mol. The zero-order chi connectivity index (χ0) is 14.5. The van der Waals surface area contributed by atoms with Crippen molar-refractivity contribution in [2.24, 2.45) is 0 Å². The number of amides is 1. The molecule has 2 aromatic rings. The molecule has 1 aliphatic rings. The third-order valence-corrected chi connectivity index (χ3v) is 4.90. The van der Waals surface area contributed by atoms with Crippen molar-refractivity contribution in [1.82, 2.24) is 5.32 Å². The van der Waals surface area contributed by atoms with Crippen molar-refractivity contribution in [2.45, 2.75) is 30.2 Å². The van der Waals surface area contributed by atoms with Crippen molar-refractivity contribution in [2.75, 3.05) is 5.75 Å². The second kappa shape index (κ2) is 6.81. The molecule has 2 aromatic carbocycles. The molecule has 108 valence electrons. The highest BCUT2D eigenvalue weighted by molar-refractivity contribution is 7.99. The van der Waals surface area contributed by atoms with E-state index in [2.05, 4.69) is 35.6 Å². The van der Waals surface area contributed by atoms with E-state index < -0.39 is 0 Å². The molecule has 0 saturated heterocycles. The highest BCUT2D eigenvalue weighted by Crippen LogP contribution is 2.35. The Kier molecular flexibility index (Phi) is 4.61. The summed E-state index contributed by atoms with van der Waals surface area (Å²) >= 11 is 1.88. The number of hydrogen-bond acceptors (Lipinski definition) is 2. The quantitative estimate of drug-likeness (QED) is 0.925. The largest absolute Gasteiger partial charge is 0.349 e. The molecule has 3 rings (SSSR count). The van der Waals surface area contributed by atoms with E-state index in [9.17, 15) is 4.79 Å². The van der Waals surface area contributed by atoms with Crippen LogP contribution in [-0.2, 0) is 11.2 Å². The van der Waals surface area contributed by atoms with Gasteiger partial charge in [0.1, 0.15) is 0 Å². The number of fused-ring (bicyclic) bond motifs is 1. The number of aryl methyl sites for hydroxylation is 1. The Morgan fingerprint density at radius 2 is 1.86 bits per heavy atom. The number of carbonyl (C=O) groups is 1. The molecule has 0 aromatic heterocycles. The van der Waals surface area contributed by atoms with Gasteiger partial charge in [-0.05, 0) is 30.0 Å². The first kappa shape index (κ1) is 14.2. The number of carbonyl (C=O) groups excluding carboxylic acids is 1. The molecule has 1 N–H and O–H groups in total. The summed E-state index contributed by atoms with van der Waals surface area (Å²) in [5.74, 6) is 1.21. The molecule has 0 saturated carbocycles. The third-order valence-electron chi connectivity index (χ3n) is 3.78. The Labute approximate surface area is 130 Å². The maximum absolute atomic E-state index is 12.2. The van der Waals surface area contributed by atoms with Crippen LogP contribution in [0.2, 0.25) is 0 Å². The van der Waals surface area contributed by atoms with Crippen LogP contribution in [0, 0.1) is 0 Å². The minimum Gasteiger partial charge on any atom is -0.349 e. The van der Waals surface area contributed by atoms with E-state index in [1.165, 1.54) is 16.0 Å². The molecule has 1 heterocycles. The van der Waals surface area contributed by atoms with Crippen LogP contribution in [0.5, 0.6) is 0 Å². The predicted octanol–water partition coefficient (Wildman–Crippen LogP) is 3.97. The van der Waals surface area contributed by atoms with Gasteiger partial charge in [0.05, 0.1) is 6.04 Å². The van der Waals surface area contributed by atoms with Crippen molar-refractivity contribution in [3.63, 3.8) is 0 Å². The van der Waals surface area contributed by atoms with Gasteiger partial charge in [0.25, 0.3) is 0 Å². The first-order chi connectivity index (χ1) is 10.3. The summed E-state index contributed by atoms with van der Waals surface area (Å²) in [6, 6.07) is 18.7. The molecule has 1 aliphatic heterocycles. The summed E-state index contributed by atoms with van der Waals surface area (Å²) in [7, 11) is 0. The maximum Gasteiger partial charge on any atom is 0.220 e. The summed E-state index contributed by atoms with van der Waals surface area (Å²) in [5, 5.41) is 3.19. The van der Waals surface area contributed by atoms with Crippen LogP contribution in [-0.4, -0.2) is 11.7 Å². The lowest BCUT2D eigenvalue weighted by Crippen LogP contribution is -2.30. The van der Waals surface area contributed by atoms with Crippen molar-refractivity contribution in [3.05, 3.63) is 65.7 Å². The molecule has 1 amide bonds. The van der Waals surface area contributed by atoms with Crippen LogP contribution in [0.25, 0.3) is 0 Å². The number of nitrogens with one attached hydrogen (secondary N) is 1. The zero-order valence-corrected chi connectivity index (χ0v) is 12.7. The van der Waals surface area contributed by atoms with Crippen molar-refractivity contribution >= 4 is 17.7 Å². The van der Waals surface area contributed by atoms with Crippen LogP contribution in [0.15, 0.2) is 59.5 Å². The molecular weight excluding hydrogens is 278 g/mol. The van der Waals surface area contributed by atoms with Crippen LogP contribution < -0.4 is 5.32 Å². The summed E-state index contributed by atoms with van der Waals surface area (Å²) < 4.78 is 0. The van der Waals surface area contributed by atoms with Crippen molar-refractivity contribution in [1.29, 1.82) is 0 Å². The van der Waals surface area contributed by atoms with Gasteiger partial charge in [0.2, 0.25) is 5.91 Å². The number of benzene rings is 2. The Hall–Kier alpha value is -1.74. The van der Waals surface area contributed by atoms with Gasteiger partial charge in [-0.1, -0.05) is 48.5 Å². The molecule has 3 heteroatoms. The first-order valence-electron chi connectivity index (χ1n) is 7.38. The van der Waals surface area contributed by atoms with Crippen LogP contribution in [0.3, 0.4) is 0 Å². The van der Waals surface area contributed by atoms with Crippen molar-refractivity contribution in [3.8, 4) is 0 Å². The average molecular weight is 297 g/mol. The standard InChI is InChI=1S/C18H19NOS/c20-18(11-10-14-6-2-1-3-7-14)19-16-12-13-21-17-9-5-4-8-15(16)17/h1-9,16H,10-13H2,(H,19,20). The number of thioether (sulfide) groups is 1. The summed E-state index contributed by atoms with van der Waals surface area (Å²) in [5.41, 5.74) is 2.48. The van der Waals surface area contributed by atoms with E-state index in [1.54, 1.807) is 0 Å². The second-order valence-electron chi connectivity index (χ2n) is 5.28. The SMILES string of the molecule is O=C(CCc1ccccc1)NC1CCSc2ccccc21. The van der Waals surface area contributed by atoms with E-state index in [0.29, 0.717) is 6.42 Å². The van der Waals surface area contributed by atoms with E-state index >= 15 is 0 Å². The first-order valence-corrected chi connectivity index (χ1v) is 8.36. The fraction of sp³-hybridized carbons (Fsp3) is 0.278. The molecule has 21 heavy (non-hydrogen) atoms. The lowest BCUT2D eigenvalue weighted by atomic mass is 10.0. The summed E-state index contributed by atoms with van der Waals surface area (Å²) in [6.45, 7) is 0. The molecule has 0 aliphatic carbocycles. The topological polar surface area (TPSA) is 29.1 Å². The fourth-order valence-electron chi connectivity index (χ4n) is 2.66. The van der Waals surface area contributed by atoms with Gasteiger partial charge < -0.3 is 5.32 Å². The van der Waals surface area contributed by atoms with E-state index in [0.717, 1.165) is 18.6 Å². The minimum absolute atomic E-state index is 0.144. The van der Waals surface area contributed by atoms with Gasteiger partial charge in [-0.25, -0.2) is 0 Å². The van der Waals surface area contributed by atoms with Gasteiger partial charge in [-0.3, -0.25) is 4.79 Å². The Morgan fingerprint density at radius 1 is 1.10 bits per heavy atom. The Morgan fingerprint density at radius 3 is 2.71 bits per heavy atom. The van der Waals surface area contributed by atoms with Crippen LogP contribution in [0.4, 0.5) is 0 Å². The number of hydrogen-bond donors (Lipinski definition) is 1. The molecule has 0 spiro atoms. The average Bonchev–Trinajstić information content (AvgIpc) is 2.54. The van der Waals surface area contributed by atoms with Crippen molar-refractivity contribution < 1.29 is 4.79 Å². The summed E-state index contributed by atoms with van der Waals surface area (Å²) in [4.78, 5) is 13.5. The number of rotatable bonds is 4. The Bertz CT molecular complexity index is 612. The van der Waals surface area contributed by atoms with Gasteiger partial charge in [-0.2, -0.15) is 0 Å². The fourth-order valence-corrected chi connectivity index (χ4v) is 3.79. The molecule has 1 unspecified atom stereocenters. The molecular formula is C18H19NOS. The third kappa shape index (κ3) is 3.67. The maximum atomic E-state index is 12.2. The highest BCUT2D eigenvalue weighted by atomic mass is 32.2. The molecule has 2 nitrogen and oxygen atoms in total. The highest BCUT2D eigenvalue weighted by Gasteiger charge is 2.21. The van der Waals surface area contributed by atoms with Gasteiger partial charge in [0.15, 0.2) is 0 Å². The van der Waals surface area contributed by atoms with Crippen LogP contribution >= 0.6 is 11.8 Å². The Balaban J connectivity index is 1.58. The molecule has 1 atom stereocenters. The normalized spacial score (nSPS) is 17.0. The lowest BCUT2D eigenvalue weighted by Gasteiger charge is -2.25. The van der Waals surface area contributed by atoms with Gasteiger partial charge in [-0.15, -0.1) is 11.8 Å². The molecule has 0 radical (unpaired) electrons. The van der Waals surface area contributed by atoms with E-state index in [1.807, 2.05) is 36.0 Å². The lowest BCUT2D eigenvalue weighted by molar-refractivity contribution is -0.121. The van der Waals surface area contributed by atoms with E-state index in [-0.39, 0.29) is 11.9 Å². The zero-order valence-electron chi connectivity index (χ0n) is 11.9. The van der Waals surface area contributed by atoms with E-state index in [4.69, 9.17) is 0 Å². The smallest absolute Gasteiger partial charge is 0.220 e. The monoisotopic (exact) mass is 297 g/mol. The van der Waals surface area contributed by atoms with Crippen LogP contribution in [0.1, 0.15) is 30.0 Å². The van der Waals surface area contributed by atoms with Gasteiger partial charge >= 0.3 is 0 Å². The molecule has 0 fully saturated rings. The second-order valence-corrected chi connectivity index (χ2v) is 6.42.